The molecule has 0 fully saturated rings. The molecule has 4 rings (SSSR count). The van der Waals surface area contributed by atoms with E-state index in [0.29, 0.717) is 10.9 Å². The molecule has 2 aromatic rings. The van der Waals surface area contributed by atoms with Gasteiger partial charge in [-0.25, -0.2) is 5.01 Å². The number of nitrogens with one attached hydrogen (secondary N) is 1. The van der Waals surface area contributed by atoms with Crippen LogP contribution in [0.2, 0.25) is 0 Å². The van der Waals surface area contributed by atoms with Crippen molar-refractivity contribution in [1.29, 1.82) is 0 Å². The molecular formula is C21H22N4OS. The molecule has 1 N–H and O–H groups in total. The van der Waals surface area contributed by atoms with Gasteiger partial charge >= 0.3 is 0 Å². The summed E-state index contributed by atoms with van der Waals surface area (Å²) in [6.45, 7) is 4.25. The van der Waals surface area contributed by atoms with Crippen LogP contribution in [0.1, 0.15) is 37.6 Å². The van der Waals surface area contributed by atoms with Gasteiger partial charge in [-0.3, -0.25) is 15.1 Å². The van der Waals surface area contributed by atoms with Crippen LogP contribution < -0.4 is 15.9 Å². The van der Waals surface area contributed by atoms with Gasteiger partial charge in [-0.15, -0.1) is 5.10 Å². The Bertz CT molecular complexity index is 1010. The van der Waals surface area contributed by atoms with E-state index >= 15 is 0 Å². The Hall–Kier alpha value is -2.60. The number of thioether (sulfide) groups is 1. The summed E-state index contributed by atoms with van der Waals surface area (Å²) in [7, 11) is 0. The summed E-state index contributed by atoms with van der Waals surface area (Å²) >= 11 is 1.56. The average Bonchev–Trinajstić information content (AvgIpc) is 2.71. The van der Waals surface area contributed by atoms with E-state index in [1.54, 1.807) is 16.8 Å². The number of amides is 1. The lowest BCUT2D eigenvalue weighted by Crippen LogP contribution is -2.50. The molecule has 138 valence electrons. The molecule has 0 spiro atoms. The molecule has 2 aliphatic heterocycles. The number of aryl methyl sites for hydroxylation is 1. The van der Waals surface area contributed by atoms with Crippen molar-refractivity contribution in [2.75, 3.05) is 5.75 Å². The lowest BCUT2D eigenvalue weighted by atomic mass is 10.1. The maximum absolute atomic E-state index is 12.9. The van der Waals surface area contributed by atoms with E-state index in [9.17, 15) is 4.79 Å². The fourth-order valence-corrected chi connectivity index (χ4v) is 3.94. The van der Waals surface area contributed by atoms with E-state index < -0.39 is 0 Å². The monoisotopic (exact) mass is 378 g/mol. The van der Waals surface area contributed by atoms with Crippen LogP contribution >= 0.6 is 11.8 Å². The standard InChI is InChI=1S/C21H22N4OS/c1-3-13-27-21-23-20(26)18-16-7-5-6-8-17(16)22-19(25(18)24-21)15-11-9-14(4-2)10-12-15/h5-12,19H,3-4,13H2,1-2H3,(H,23,24,26). The quantitative estimate of drug-likeness (QED) is 0.890. The number of carbonyl (C=O) groups excluding carboxylic acids is 1. The van der Waals surface area contributed by atoms with Gasteiger partial charge in [0.2, 0.25) is 0 Å². The van der Waals surface area contributed by atoms with Gasteiger partial charge in [-0.05, 0) is 30.0 Å². The highest BCUT2D eigenvalue weighted by Crippen LogP contribution is 2.30. The number of hydrazone groups is 1. The Kier molecular flexibility index (Phi) is 4.99. The van der Waals surface area contributed by atoms with Crippen LogP contribution in [-0.2, 0) is 11.2 Å². The van der Waals surface area contributed by atoms with E-state index in [-0.39, 0.29) is 12.1 Å². The Morgan fingerprint density at radius 3 is 2.63 bits per heavy atom. The smallest absolute Gasteiger partial charge is 0.276 e. The molecule has 2 aliphatic rings. The van der Waals surface area contributed by atoms with Gasteiger partial charge < -0.3 is 0 Å². The molecule has 0 aromatic heterocycles. The molecule has 1 atom stereocenters. The molecule has 0 radical (unpaired) electrons. The Morgan fingerprint density at radius 1 is 1.11 bits per heavy atom. The summed E-state index contributed by atoms with van der Waals surface area (Å²) in [5.74, 6) is 0.785. The van der Waals surface area contributed by atoms with Crippen LogP contribution in [0.3, 0.4) is 0 Å². The number of rotatable bonds is 4. The summed E-state index contributed by atoms with van der Waals surface area (Å²) in [4.78, 5) is 17.8. The van der Waals surface area contributed by atoms with Gasteiger partial charge in [-0.1, -0.05) is 68.1 Å². The first-order chi connectivity index (χ1) is 13.2. The van der Waals surface area contributed by atoms with Crippen molar-refractivity contribution in [2.24, 2.45) is 10.1 Å². The van der Waals surface area contributed by atoms with Crippen molar-refractivity contribution in [3.05, 3.63) is 70.2 Å². The third-order valence-corrected chi connectivity index (χ3v) is 5.71. The Morgan fingerprint density at radius 2 is 1.89 bits per heavy atom. The second-order valence-corrected chi connectivity index (χ2v) is 7.60. The molecule has 2 heterocycles. The van der Waals surface area contributed by atoms with Crippen molar-refractivity contribution in [3.8, 4) is 0 Å². The van der Waals surface area contributed by atoms with Gasteiger partial charge in [-0.2, -0.15) is 0 Å². The number of benzene rings is 2. The first kappa shape index (κ1) is 17.8. The van der Waals surface area contributed by atoms with E-state index in [1.165, 1.54) is 5.56 Å². The molecule has 5 nitrogen and oxygen atoms in total. The number of hydrogen-bond donors (Lipinski definition) is 1. The van der Waals surface area contributed by atoms with Crippen LogP contribution in [0.5, 0.6) is 0 Å². The molecule has 27 heavy (non-hydrogen) atoms. The fraction of sp³-hybridized carbons (Fsp3) is 0.286. The van der Waals surface area contributed by atoms with Gasteiger partial charge in [0.15, 0.2) is 11.3 Å². The third kappa shape index (κ3) is 3.37. The van der Waals surface area contributed by atoms with Crippen molar-refractivity contribution in [2.45, 2.75) is 32.9 Å². The zero-order chi connectivity index (χ0) is 18.8. The van der Waals surface area contributed by atoms with E-state index in [2.05, 4.69) is 43.4 Å². The number of nitrogens with zero attached hydrogens (tertiary/aromatic N) is 3. The van der Waals surface area contributed by atoms with Crippen molar-refractivity contribution < 1.29 is 4.79 Å². The first-order valence-corrected chi connectivity index (χ1v) is 10.3. The van der Waals surface area contributed by atoms with Gasteiger partial charge in [0.25, 0.3) is 5.91 Å². The Labute approximate surface area is 162 Å². The Balaban J connectivity index is 1.86. The zero-order valence-corrected chi connectivity index (χ0v) is 16.3. The van der Waals surface area contributed by atoms with Crippen LogP contribution in [-0.4, -0.2) is 21.8 Å². The maximum atomic E-state index is 12.9. The lowest BCUT2D eigenvalue weighted by Gasteiger charge is -2.34. The predicted octanol–water partition coefficient (Wildman–Crippen LogP) is 2.54. The molecule has 1 unspecified atom stereocenters. The number of amidine groups is 1. The topological polar surface area (TPSA) is 57.1 Å². The van der Waals surface area contributed by atoms with Crippen molar-refractivity contribution in [3.63, 3.8) is 0 Å². The van der Waals surface area contributed by atoms with Crippen molar-refractivity contribution >= 4 is 28.5 Å². The van der Waals surface area contributed by atoms with Crippen LogP contribution in [0.25, 0.3) is 5.70 Å². The summed E-state index contributed by atoms with van der Waals surface area (Å²) in [6, 6.07) is 16.1. The highest BCUT2D eigenvalue weighted by atomic mass is 32.2. The van der Waals surface area contributed by atoms with E-state index in [1.807, 2.05) is 24.3 Å². The highest BCUT2D eigenvalue weighted by Gasteiger charge is 2.34. The van der Waals surface area contributed by atoms with Gasteiger partial charge in [0.05, 0.1) is 5.36 Å². The van der Waals surface area contributed by atoms with Crippen LogP contribution in [0.15, 0.2) is 58.6 Å². The van der Waals surface area contributed by atoms with Crippen molar-refractivity contribution in [1.82, 2.24) is 10.3 Å². The molecule has 0 aliphatic carbocycles. The van der Waals surface area contributed by atoms with Crippen LogP contribution in [0, 0.1) is 0 Å². The van der Waals surface area contributed by atoms with E-state index in [4.69, 9.17) is 10.1 Å². The van der Waals surface area contributed by atoms with Crippen LogP contribution in [0.4, 0.5) is 0 Å². The number of hydrogen-bond acceptors (Lipinski definition) is 5. The maximum Gasteiger partial charge on any atom is 0.276 e. The summed E-state index contributed by atoms with van der Waals surface area (Å²) < 4.78 is 0. The molecule has 0 saturated heterocycles. The third-order valence-electron chi connectivity index (χ3n) is 4.64. The second-order valence-electron chi connectivity index (χ2n) is 6.52. The minimum Gasteiger partial charge on any atom is -0.298 e. The molecule has 6 heteroatoms. The van der Waals surface area contributed by atoms with Gasteiger partial charge in [0.1, 0.15) is 5.70 Å². The lowest BCUT2D eigenvalue weighted by molar-refractivity contribution is -0.116. The normalized spacial score (nSPS) is 18.2. The minimum absolute atomic E-state index is 0.124. The zero-order valence-electron chi connectivity index (χ0n) is 15.5. The summed E-state index contributed by atoms with van der Waals surface area (Å²) in [5.41, 5.74) is 2.86. The SMILES string of the molecule is CCCSC1=NN2C(=c3ccccc3=NC2c2ccc(CC)cc2)C(=O)N1. The largest absolute Gasteiger partial charge is 0.298 e. The summed E-state index contributed by atoms with van der Waals surface area (Å²) in [5, 5.41) is 11.7. The van der Waals surface area contributed by atoms with E-state index in [0.717, 1.165) is 34.7 Å². The highest BCUT2D eigenvalue weighted by molar-refractivity contribution is 8.13. The average molecular weight is 379 g/mol. The first-order valence-electron chi connectivity index (χ1n) is 9.29. The molecule has 0 saturated carbocycles. The molecule has 2 aromatic carbocycles. The predicted molar refractivity (Wildman–Crippen MR) is 109 cm³/mol. The number of carbonyl (C=O) groups is 1. The number of fused-ring (bicyclic) bond motifs is 2. The molecule has 0 bridgehead atoms. The second kappa shape index (κ2) is 7.56. The minimum atomic E-state index is -0.343. The number of para-hydroxylation sites is 1. The fourth-order valence-electron chi connectivity index (χ4n) is 3.23. The van der Waals surface area contributed by atoms with Gasteiger partial charge in [0, 0.05) is 11.0 Å². The molecular weight excluding hydrogens is 356 g/mol. The molecule has 1 amide bonds. The summed E-state index contributed by atoms with van der Waals surface area (Å²) in [6.07, 6.45) is 1.67.